The van der Waals surface area contributed by atoms with E-state index in [-0.39, 0.29) is 0 Å². The quantitative estimate of drug-likeness (QED) is 0.753. The minimum Gasteiger partial charge on any atom is -0.482 e. The Hall–Kier alpha value is -1.75. The van der Waals surface area contributed by atoms with Gasteiger partial charge in [0.2, 0.25) is 0 Å². The first-order valence-electron chi connectivity index (χ1n) is 7.13. The van der Waals surface area contributed by atoms with Gasteiger partial charge in [0.1, 0.15) is 12.4 Å². The second-order valence-corrected chi connectivity index (χ2v) is 5.08. The van der Waals surface area contributed by atoms with Crippen molar-refractivity contribution < 1.29 is 9.15 Å². The third-order valence-electron chi connectivity index (χ3n) is 3.06. The van der Waals surface area contributed by atoms with Gasteiger partial charge in [0.25, 0.3) is 0 Å². The minimum absolute atomic E-state index is 0.338. The maximum atomic E-state index is 5.72. The summed E-state index contributed by atoms with van der Waals surface area (Å²) in [5.74, 6) is 1.63. The van der Waals surface area contributed by atoms with Crippen LogP contribution in [0.5, 0.6) is 5.75 Å². The molecule has 2 rings (SSSR count). The summed E-state index contributed by atoms with van der Waals surface area (Å²) in [6.07, 6.45) is 6.47. The molecule has 0 spiro atoms. The topological polar surface area (TPSA) is 52.2 Å². The summed E-state index contributed by atoms with van der Waals surface area (Å²) in [6.45, 7) is 8.57. The molecular formula is C15H23N3O2. The van der Waals surface area contributed by atoms with E-state index in [0.29, 0.717) is 12.6 Å². The highest BCUT2D eigenvalue weighted by molar-refractivity contribution is 5.18. The van der Waals surface area contributed by atoms with E-state index in [4.69, 9.17) is 9.15 Å². The Labute approximate surface area is 119 Å². The van der Waals surface area contributed by atoms with Crippen molar-refractivity contribution in [1.82, 2.24) is 15.1 Å². The van der Waals surface area contributed by atoms with Crippen molar-refractivity contribution in [2.24, 2.45) is 0 Å². The molecule has 110 valence electrons. The fourth-order valence-corrected chi connectivity index (χ4v) is 1.88. The molecule has 5 heteroatoms. The van der Waals surface area contributed by atoms with Crippen LogP contribution in [-0.2, 0) is 13.2 Å². The molecule has 0 aliphatic heterocycles. The number of nitrogens with zero attached hydrogens (tertiary/aromatic N) is 2. The molecule has 20 heavy (non-hydrogen) atoms. The van der Waals surface area contributed by atoms with Gasteiger partial charge in [0.05, 0.1) is 18.7 Å². The molecule has 5 nitrogen and oxygen atoms in total. The number of ether oxygens (including phenoxy) is 1. The zero-order chi connectivity index (χ0) is 14.4. The van der Waals surface area contributed by atoms with E-state index in [1.165, 1.54) is 0 Å². The molecule has 0 saturated carbocycles. The molecule has 0 fully saturated rings. The lowest BCUT2D eigenvalue weighted by molar-refractivity contribution is 0.267. The van der Waals surface area contributed by atoms with Crippen molar-refractivity contribution in [2.45, 2.75) is 46.4 Å². The lowest BCUT2D eigenvalue weighted by Gasteiger charge is -2.06. The van der Waals surface area contributed by atoms with Crippen LogP contribution in [0.2, 0.25) is 0 Å². The molecule has 2 aromatic rings. The van der Waals surface area contributed by atoms with Gasteiger partial charge < -0.3 is 14.5 Å². The van der Waals surface area contributed by atoms with Gasteiger partial charge in [-0.15, -0.1) is 0 Å². The van der Waals surface area contributed by atoms with Gasteiger partial charge in [-0.25, -0.2) is 0 Å². The summed E-state index contributed by atoms with van der Waals surface area (Å²) in [5.41, 5.74) is 1.15. The average molecular weight is 277 g/mol. The Morgan fingerprint density at radius 1 is 1.45 bits per heavy atom. The second-order valence-electron chi connectivity index (χ2n) is 5.08. The van der Waals surface area contributed by atoms with Crippen molar-refractivity contribution >= 4 is 0 Å². The lowest BCUT2D eigenvalue weighted by Crippen LogP contribution is -2.14. The maximum absolute atomic E-state index is 5.72. The van der Waals surface area contributed by atoms with Crippen LogP contribution in [0.4, 0.5) is 0 Å². The number of nitrogens with one attached hydrogen (secondary N) is 1. The van der Waals surface area contributed by atoms with Gasteiger partial charge in [0, 0.05) is 18.2 Å². The highest BCUT2D eigenvalue weighted by Gasteiger charge is 2.08. The number of hydrogen-bond acceptors (Lipinski definition) is 4. The summed E-state index contributed by atoms with van der Waals surface area (Å²) >= 11 is 0. The Morgan fingerprint density at radius 3 is 3.00 bits per heavy atom. The lowest BCUT2D eigenvalue weighted by atomic mass is 10.2. The van der Waals surface area contributed by atoms with E-state index < -0.39 is 0 Å². The van der Waals surface area contributed by atoms with Crippen molar-refractivity contribution in [3.8, 4) is 5.75 Å². The van der Waals surface area contributed by atoms with Gasteiger partial charge >= 0.3 is 0 Å². The van der Waals surface area contributed by atoms with Crippen molar-refractivity contribution in [1.29, 1.82) is 0 Å². The Balaban J connectivity index is 1.88. The van der Waals surface area contributed by atoms with E-state index in [9.17, 15) is 0 Å². The summed E-state index contributed by atoms with van der Waals surface area (Å²) in [6, 6.07) is 2.32. The molecule has 0 aliphatic carbocycles. The number of aromatic nitrogens is 2. The van der Waals surface area contributed by atoms with Gasteiger partial charge in [-0.3, -0.25) is 4.68 Å². The van der Waals surface area contributed by atoms with E-state index in [2.05, 4.69) is 31.2 Å². The van der Waals surface area contributed by atoms with Crippen LogP contribution in [0.25, 0.3) is 0 Å². The molecular weight excluding hydrogens is 254 g/mol. The SMILES string of the molecule is CCCNCc1ccoc1COc1cnn(C(C)C)c1. The molecule has 0 bridgehead atoms. The van der Waals surface area contributed by atoms with Crippen molar-refractivity contribution in [2.75, 3.05) is 6.54 Å². The average Bonchev–Trinajstić information content (AvgIpc) is 3.05. The zero-order valence-corrected chi connectivity index (χ0v) is 12.4. The third-order valence-corrected chi connectivity index (χ3v) is 3.06. The molecule has 1 N–H and O–H groups in total. The van der Waals surface area contributed by atoms with Crippen LogP contribution < -0.4 is 10.1 Å². The van der Waals surface area contributed by atoms with E-state index in [0.717, 1.165) is 36.6 Å². The van der Waals surface area contributed by atoms with Crippen molar-refractivity contribution in [3.05, 3.63) is 36.0 Å². The van der Waals surface area contributed by atoms with Crippen LogP contribution in [0.3, 0.4) is 0 Å². The fourth-order valence-electron chi connectivity index (χ4n) is 1.88. The normalized spacial score (nSPS) is 11.2. The second kappa shape index (κ2) is 7.14. The predicted octanol–water partition coefficient (Wildman–Crippen LogP) is 3.14. The molecule has 0 saturated heterocycles. The fraction of sp³-hybridized carbons (Fsp3) is 0.533. The first-order valence-corrected chi connectivity index (χ1v) is 7.13. The first kappa shape index (κ1) is 14.7. The Morgan fingerprint density at radius 2 is 2.30 bits per heavy atom. The summed E-state index contributed by atoms with van der Waals surface area (Å²) in [7, 11) is 0. The van der Waals surface area contributed by atoms with Crippen LogP contribution in [-0.4, -0.2) is 16.3 Å². The largest absolute Gasteiger partial charge is 0.482 e. The van der Waals surface area contributed by atoms with Crippen LogP contribution >= 0.6 is 0 Å². The smallest absolute Gasteiger partial charge is 0.157 e. The van der Waals surface area contributed by atoms with Gasteiger partial charge in [-0.2, -0.15) is 5.10 Å². The van der Waals surface area contributed by atoms with E-state index >= 15 is 0 Å². The maximum Gasteiger partial charge on any atom is 0.157 e. The molecule has 2 heterocycles. The molecule has 0 amide bonds. The summed E-state index contributed by atoms with van der Waals surface area (Å²) in [5, 5.41) is 7.61. The predicted molar refractivity (Wildman–Crippen MR) is 77.6 cm³/mol. The first-order chi connectivity index (χ1) is 9.70. The number of furan rings is 1. The molecule has 0 atom stereocenters. The zero-order valence-electron chi connectivity index (χ0n) is 12.4. The van der Waals surface area contributed by atoms with Crippen molar-refractivity contribution in [3.63, 3.8) is 0 Å². The molecule has 2 aromatic heterocycles. The number of rotatable bonds is 8. The standard InChI is InChI=1S/C15H23N3O2/c1-4-6-16-8-13-5-7-19-15(13)11-20-14-9-17-18(10-14)12(2)3/h5,7,9-10,12,16H,4,6,8,11H2,1-3H3. The highest BCUT2D eigenvalue weighted by atomic mass is 16.5. The highest BCUT2D eigenvalue weighted by Crippen LogP contribution is 2.17. The molecule has 0 unspecified atom stereocenters. The van der Waals surface area contributed by atoms with Crippen LogP contribution in [0, 0.1) is 0 Å². The van der Waals surface area contributed by atoms with Crippen LogP contribution in [0.1, 0.15) is 44.6 Å². The Bertz CT molecular complexity index is 517. The summed E-state index contributed by atoms with van der Waals surface area (Å²) < 4.78 is 13.1. The third kappa shape index (κ3) is 3.87. The number of hydrogen-bond donors (Lipinski definition) is 1. The summed E-state index contributed by atoms with van der Waals surface area (Å²) in [4.78, 5) is 0. The van der Waals surface area contributed by atoms with Crippen LogP contribution in [0.15, 0.2) is 29.1 Å². The van der Waals surface area contributed by atoms with E-state index in [1.54, 1.807) is 12.5 Å². The minimum atomic E-state index is 0.338. The monoisotopic (exact) mass is 277 g/mol. The van der Waals surface area contributed by atoms with Gasteiger partial charge in [-0.1, -0.05) is 6.92 Å². The Kier molecular flexibility index (Phi) is 5.24. The molecule has 0 radical (unpaired) electrons. The molecule has 0 aromatic carbocycles. The van der Waals surface area contributed by atoms with E-state index in [1.807, 2.05) is 16.9 Å². The molecule has 0 aliphatic rings. The van der Waals surface area contributed by atoms with Gasteiger partial charge in [0.15, 0.2) is 5.75 Å². The van der Waals surface area contributed by atoms with Gasteiger partial charge in [-0.05, 0) is 32.9 Å².